The van der Waals surface area contributed by atoms with Crippen molar-refractivity contribution in [3.8, 4) is 0 Å². The highest BCUT2D eigenvalue weighted by atomic mass is 16.1. The summed E-state index contributed by atoms with van der Waals surface area (Å²) in [5, 5.41) is 3.18. The van der Waals surface area contributed by atoms with Crippen LogP contribution in [0.1, 0.15) is 35.6 Å². The Bertz CT molecular complexity index is 378. The lowest BCUT2D eigenvalue weighted by molar-refractivity contribution is 0.0989. The molecule has 0 aliphatic heterocycles. The lowest BCUT2D eigenvalue weighted by Crippen LogP contribution is -2.26. The second-order valence-corrected chi connectivity index (χ2v) is 4.79. The molecule has 1 aromatic heterocycles. The summed E-state index contributed by atoms with van der Waals surface area (Å²) < 4.78 is 2.05. The molecule has 0 amide bonds. The van der Waals surface area contributed by atoms with Crippen LogP contribution in [0.15, 0.2) is 6.07 Å². The predicted octanol–water partition coefficient (Wildman–Crippen LogP) is 2.07. The molecular weight excluding hydrogens is 200 g/mol. The van der Waals surface area contributed by atoms with E-state index in [1.54, 1.807) is 0 Å². The van der Waals surface area contributed by atoms with E-state index in [-0.39, 0.29) is 5.78 Å². The molecule has 0 aromatic carbocycles. The normalized spacial score (nSPS) is 11.1. The van der Waals surface area contributed by atoms with Crippen LogP contribution in [0.5, 0.6) is 0 Å². The fraction of sp³-hybridized carbons (Fsp3) is 0.615. The maximum atomic E-state index is 11.9. The highest BCUT2D eigenvalue weighted by molar-refractivity contribution is 5.99. The van der Waals surface area contributed by atoms with Crippen LogP contribution < -0.4 is 5.32 Å². The zero-order valence-electron chi connectivity index (χ0n) is 10.9. The van der Waals surface area contributed by atoms with E-state index < -0.39 is 0 Å². The molecular formula is C13H22N2O. The maximum Gasteiger partial charge on any atom is 0.178 e. The Labute approximate surface area is 97.8 Å². The molecule has 0 aliphatic carbocycles. The number of rotatable bonds is 5. The summed E-state index contributed by atoms with van der Waals surface area (Å²) in [6.07, 6.45) is 0. The number of nitrogens with one attached hydrogen (secondary N) is 1. The molecule has 0 spiro atoms. The summed E-state index contributed by atoms with van der Waals surface area (Å²) in [4.78, 5) is 11.9. The van der Waals surface area contributed by atoms with E-state index in [0.717, 1.165) is 23.5 Å². The van der Waals surface area contributed by atoms with Gasteiger partial charge in [0.15, 0.2) is 5.78 Å². The first kappa shape index (κ1) is 13.0. The SMILES string of the molecule is Cc1cc(C(=O)CNCC(C)C)c(C)n1C. The molecule has 1 rings (SSSR count). The minimum Gasteiger partial charge on any atom is -0.351 e. The fourth-order valence-electron chi connectivity index (χ4n) is 1.71. The van der Waals surface area contributed by atoms with Gasteiger partial charge in [0.1, 0.15) is 0 Å². The average molecular weight is 222 g/mol. The first-order valence-corrected chi connectivity index (χ1v) is 5.80. The minimum atomic E-state index is 0.182. The molecule has 0 saturated heterocycles. The number of Topliss-reactive ketones (excluding diaryl/α,β-unsaturated/α-hetero) is 1. The van der Waals surface area contributed by atoms with E-state index >= 15 is 0 Å². The van der Waals surface area contributed by atoms with Gasteiger partial charge in [0.2, 0.25) is 0 Å². The summed E-state index contributed by atoms with van der Waals surface area (Å²) >= 11 is 0. The Kier molecular flexibility index (Phi) is 4.30. The molecule has 0 radical (unpaired) electrons. The van der Waals surface area contributed by atoms with Gasteiger partial charge in [-0.1, -0.05) is 13.8 Å². The van der Waals surface area contributed by atoms with Gasteiger partial charge in [0.05, 0.1) is 6.54 Å². The standard InChI is InChI=1S/C13H22N2O/c1-9(2)7-14-8-13(16)12-6-10(3)15(5)11(12)4/h6,9,14H,7-8H2,1-5H3. The summed E-state index contributed by atoms with van der Waals surface area (Å²) in [6, 6.07) is 1.97. The Hall–Kier alpha value is -1.09. The molecule has 1 N–H and O–H groups in total. The average Bonchev–Trinajstić information content (AvgIpc) is 2.45. The van der Waals surface area contributed by atoms with Crippen LogP contribution in [0.2, 0.25) is 0 Å². The molecule has 3 heteroatoms. The molecule has 1 heterocycles. The maximum absolute atomic E-state index is 11.9. The van der Waals surface area contributed by atoms with Crippen LogP contribution in [0.25, 0.3) is 0 Å². The highest BCUT2D eigenvalue weighted by Crippen LogP contribution is 2.13. The number of ketones is 1. The van der Waals surface area contributed by atoms with Crippen LogP contribution in [-0.4, -0.2) is 23.4 Å². The number of hydrogen-bond acceptors (Lipinski definition) is 2. The minimum absolute atomic E-state index is 0.182. The van der Waals surface area contributed by atoms with Gasteiger partial charge >= 0.3 is 0 Å². The number of nitrogens with zero attached hydrogens (tertiary/aromatic N) is 1. The van der Waals surface area contributed by atoms with E-state index in [9.17, 15) is 4.79 Å². The lowest BCUT2D eigenvalue weighted by Gasteiger charge is -2.06. The van der Waals surface area contributed by atoms with E-state index in [1.807, 2.05) is 27.0 Å². The molecule has 16 heavy (non-hydrogen) atoms. The molecule has 0 bridgehead atoms. The van der Waals surface area contributed by atoms with Gasteiger partial charge in [0.25, 0.3) is 0 Å². The number of carbonyl (C=O) groups excluding carboxylic acids is 1. The Morgan fingerprint density at radius 3 is 2.50 bits per heavy atom. The summed E-state index contributed by atoms with van der Waals surface area (Å²) in [5.41, 5.74) is 3.02. The molecule has 90 valence electrons. The topological polar surface area (TPSA) is 34.0 Å². The van der Waals surface area contributed by atoms with Crippen LogP contribution in [-0.2, 0) is 7.05 Å². The van der Waals surface area contributed by atoms with Gasteiger partial charge in [-0.2, -0.15) is 0 Å². The molecule has 0 atom stereocenters. The summed E-state index contributed by atoms with van der Waals surface area (Å²) in [6.45, 7) is 9.60. The number of carbonyl (C=O) groups is 1. The monoisotopic (exact) mass is 222 g/mol. The van der Waals surface area contributed by atoms with Gasteiger partial charge in [-0.25, -0.2) is 0 Å². The third-order valence-electron chi connectivity index (χ3n) is 2.91. The zero-order valence-corrected chi connectivity index (χ0v) is 10.9. The third kappa shape index (κ3) is 2.95. The quantitative estimate of drug-likeness (QED) is 0.774. The molecule has 1 aromatic rings. The number of aryl methyl sites for hydroxylation is 1. The Balaban J connectivity index is 2.63. The van der Waals surface area contributed by atoms with Gasteiger partial charge in [-0.15, -0.1) is 0 Å². The van der Waals surface area contributed by atoms with Crippen LogP contribution in [0.3, 0.4) is 0 Å². The summed E-state index contributed by atoms with van der Waals surface area (Å²) in [5.74, 6) is 0.758. The lowest BCUT2D eigenvalue weighted by atomic mass is 10.1. The smallest absolute Gasteiger partial charge is 0.178 e. The Morgan fingerprint density at radius 1 is 1.44 bits per heavy atom. The summed E-state index contributed by atoms with van der Waals surface area (Å²) in [7, 11) is 1.99. The first-order valence-electron chi connectivity index (χ1n) is 5.80. The number of aromatic nitrogens is 1. The van der Waals surface area contributed by atoms with Gasteiger partial charge in [0, 0.05) is 24.0 Å². The molecule has 0 saturated carbocycles. The van der Waals surface area contributed by atoms with Crippen molar-refractivity contribution in [2.45, 2.75) is 27.7 Å². The second-order valence-electron chi connectivity index (χ2n) is 4.79. The first-order chi connectivity index (χ1) is 7.43. The predicted molar refractivity (Wildman–Crippen MR) is 66.9 cm³/mol. The molecule has 0 aliphatic rings. The largest absolute Gasteiger partial charge is 0.351 e. The third-order valence-corrected chi connectivity index (χ3v) is 2.91. The van der Waals surface area contributed by atoms with Gasteiger partial charge in [-0.3, -0.25) is 4.79 Å². The fourth-order valence-corrected chi connectivity index (χ4v) is 1.71. The van der Waals surface area contributed by atoms with Crippen LogP contribution in [0.4, 0.5) is 0 Å². The van der Waals surface area contributed by atoms with Crippen molar-refractivity contribution >= 4 is 5.78 Å². The zero-order chi connectivity index (χ0) is 12.3. The van der Waals surface area contributed by atoms with E-state index in [0.29, 0.717) is 12.5 Å². The Morgan fingerprint density at radius 2 is 2.06 bits per heavy atom. The van der Waals surface area contributed by atoms with Crippen molar-refractivity contribution in [2.75, 3.05) is 13.1 Å². The van der Waals surface area contributed by atoms with Crippen molar-refractivity contribution in [3.63, 3.8) is 0 Å². The van der Waals surface area contributed by atoms with Crippen molar-refractivity contribution in [3.05, 3.63) is 23.0 Å². The van der Waals surface area contributed by atoms with E-state index in [1.165, 1.54) is 0 Å². The van der Waals surface area contributed by atoms with Crippen molar-refractivity contribution in [2.24, 2.45) is 13.0 Å². The van der Waals surface area contributed by atoms with E-state index in [2.05, 4.69) is 23.7 Å². The van der Waals surface area contributed by atoms with Crippen LogP contribution >= 0.6 is 0 Å². The van der Waals surface area contributed by atoms with Gasteiger partial charge < -0.3 is 9.88 Å². The van der Waals surface area contributed by atoms with E-state index in [4.69, 9.17) is 0 Å². The number of hydrogen-bond donors (Lipinski definition) is 1. The highest BCUT2D eigenvalue weighted by Gasteiger charge is 2.13. The molecule has 0 unspecified atom stereocenters. The van der Waals surface area contributed by atoms with Gasteiger partial charge in [-0.05, 0) is 32.4 Å². The van der Waals surface area contributed by atoms with Crippen molar-refractivity contribution in [1.82, 2.24) is 9.88 Å². The van der Waals surface area contributed by atoms with Crippen LogP contribution in [0, 0.1) is 19.8 Å². The second kappa shape index (κ2) is 5.30. The van der Waals surface area contributed by atoms with Crippen molar-refractivity contribution in [1.29, 1.82) is 0 Å². The molecule has 0 fully saturated rings. The van der Waals surface area contributed by atoms with Crippen molar-refractivity contribution < 1.29 is 4.79 Å². The molecule has 3 nitrogen and oxygen atoms in total.